The van der Waals surface area contributed by atoms with Crippen LogP contribution in [0.1, 0.15) is 39.5 Å². The minimum absolute atomic E-state index is 0.427. The summed E-state index contributed by atoms with van der Waals surface area (Å²) in [5.41, 5.74) is 0.885. The Morgan fingerprint density at radius 1 is 1.20 bits per heavy atom. The molecule has 4 fully saturated rings. The summed E-state index contributed by atoms with van der Waals surface area (Å²) in [7, 11) is 0. The van der Waals surface area contributed by atoms with Crippen LogP contribution in [0.15, 0.2) is 0 Å². The Morgan fingerprint density at radius 3 is 2.73 bits per heavy atom. The molecule has 1 heteroatoms. The van der Waals surface area contributed by atoms with Crippen LogP contribution in [0.2, 0.25) is 0 Å². The van der Waals surface area contributed by atoms with Crippen molar-refractivity contribution in [3.05, 3.63) is 0 Å². The van der Waals surface area contributed by atoms with Gasteiger partial charge in [0.1, 0.15) is 0 Å². The molecular weight excluding hydrogens is 184 g/mol. The lowest BCUT2D eigenvalue weighted by Gasteiger charge is -2.70. The normalized spacial score (nSPS) is 59.0. The molecule has 1 spiro atoms. The van der Waals surface area contributed by atoms with Crippen molar-refractivity contribution in [1.29, 1.82) is 0 Å². The fourth-order valence-corrected chi connectivity index (χ4v) is 5.84. The number of hydrogen-bond acceptors (Lipinski definition) is 1. The third-order valence-electron chi connectivity index (χ3n) is 6.18. The van der Waals surface area contributed by atoms with Gasteiger partial charge in [0.25, 0.3) is 0 Å². The molecule has 0 radical (unpaired) electrons. The van der Waals surface area contributed by atoms with Crippen LogP contribution in [0.3, 0.4) is 0 Å². The number of rotatable bonds is 3. The molecule has 0 saturated heterocycles. The van der Waals surface area contributed by atoms with Crippen molar-refractivity contribution in [2.24, 2.45) is 35.0 Å². The van der Waals surface area contributed by atoms with Crippen molar-refractivity contribution >= 4 is 0 Å². The predicted molar refractivity (Wildman–Crippen MR) is 59.4 cm³/mol. The summed E-state index contributed by atoms with van der Waals surface area (Å²) in [6.07, 6.45) is 6.73. The zero-order valence-corrected chi connectivity index (χ0v) is 9.91. The first-order valence-corrected chi connectivity index (χ1v) is 6.83. The highest BCUT2D eigenvalue weighted by atomic mass is 16.5. The molecule has 15 heavy (non-hydrogen) atoms. The zero-order valence-electron chi connectivity index (χ0n) is 9.91. The topological polar surface area (TPSA) is 9.23 Å². The van der Waals surface area contributed by atoms with Crippen LogP contribution in [-0.4, -0.2) is 12.7 Å². The Labute approximate surface area is 92.6 Å². The van der Waals surface area contributed by atoms with E-state index in [9.17, 15) is 0 Å². The molecule has 4 aliphatic rings. The van der Waals surface area contributed by atoms with Crippen molar-refractivity contribution in [3.8, 4) is 0 Å². The minimum atomic E-state index is 0.427. The van der Waals surface area contributed by atoms with Gasteiger partial charge in [-0.1, -0.05) is 0 Å². The quantitative estimate of drug-likeness (QED) is 0.689. The Bertz CT molecular complexity index is 298. The molecule has 6 atom stereocenters. The van der Waals surface area contributed by atoms with Gasteiger partial charge in [-0.05, 0) is 74.5 Å². The first-order chi connectivity index (χ1) is 7.22. The third-order valence-corrected chi connectivity index (χ3v) is 6.18. The van der Waals surface area contributed by atoms with Crippen LogP contribution in [0.4, 0.5) is 0 Å². The van der Waals surface area contributed by atoms with E-state index < -0.39 is 0 Å². The number of fused-ring (bicyclic) bond motifs is 1. The van der Waals surface area contributed by atoms with Gasteiger partial charge < -0.3 is 4.74 Å². The molecule has 0 heterocycles. The molecule has 0 aromatic rings. The monoisotopic (exact) mass is 206 g/mol. The van der Waals surface area contributed by atoms with E-state index in [4.69, 9.17) is 4.74 Å². The van der Waals surface area contributed by atoms with Crippen LogP contribution < -0.4 is 0 Å². The lowest BCUT2D eigenvalue weighted by Crippen LogP contribution is -2.66. The smallest absolute Gasteiger partial charge is 0.0519 e. The van der Waals surface area contributed by atoms with E-state index in [2.05, 4.69) is 13.8 Å². The van der Waals surface area contributed by atoms with E-state index >= 15 is 0 Å². The standard InChI is InChI=1S/C14H22O/c1-8(2)15-7-11-12-4-9-3-10-5-13(11)14(10,12)6-9/h8-13H,3-7H2,1-2H3. The summed E-state index contributed by atoms with van der Waals surface area (Å²) in [4.78, 5) is 0. The van der Waals surface area contributed by atoms with Crippen molar-refractivity contribution in [1.82, 2.24) is 0 Å². The van der Waals surface area contributed by atoms with Gasteiger partial charge in [-0.2, -0.15) is 0 Å². The number of ether oxygens (including phenoxy) is 1. The van der Waals surface area contributed by atoms with Gasteiger partial charge in [-0.15, -0.1) is 0 Å². The molecular formula is C14H22O. The predicted octanol–water partition coefficient (Wildman–Crippen LogP) is 3.09. The molecule has 1 nitrogen and oxygen atoms in total. The summed E-state index contributed by atoms with van der Waals surface area (Å²) in [5, 5.41) is 0. The molecule has 6 unspecified atom stereocenters. The highest BCUT2D eigenvalue weighted by molar-refractivity contribution is 5.25. The van der Waals surface area contributed by atoms with Gasteiger partial charge in [-0.3, -0.25) is 0 Å². The average Bonchev–Trinajstić information content (AvgIpc) is 2.64. The van der Waals surface area contributed by atoms with E-state index in [0.717, 1.165) is 41.6 Å². The van der Waals surface area contributed by atoms with Gasteiger partial charge in [0.2, 0.25) is 0 Å². The second-order valence-electron chi connectivity index (χ2n) is 6.85. The SMILES string of the molecule is CC(C)OCC1C2CC3CC4CC1C42C3. The van der Waals surface area contributed by atoms with Crippen LogP contribution in [0.5, 0.6) is 0 Å². The summed E-state index contributed by atoms with van der Waals surface area (Å²) in [5.74, 6) is 5.39. The summed E-state index contributed by atoms with van der Waals surface area (Å²) in [6, 6.07) is 0. The molecule has 0 aromatic heterocycles. The van der Waals surface area contributed by atoms with Crippen molar-refractivity contribution < 1.29 is 4.74 Å². The maximum Gasteiger partial charge on any atom is 0.0519 e. The second kappa shape index (κ2) is 2.61. The first-order valence-electron chi connectivity index (χ1n) is 6.83. The Balaban J connectivity index is 1.49. The molecule has 4 aliphatic carbocycles. The van der Waals surface area contributed by atoms with E-state index in [0.29, 0.717) is 6.10 Å². The lowest BCUT2D eigenvalue weighted by atomic mass is 9.34. The fraction of sp³-hybridized carbons (Fsp3) is 1.00. The molecule has 0 N–H and O–H groups in total. The minimum Gasteiger partial charge on any atom is -0.378 e. The molecule has 0 amide bonds. The molecule has 0 aromatic carbocycles. The van der Waals surface area contributed by atoms with Gasteiger partial charge >= 0.3 is 0 Å². The summed E-state index contributed by atoms with van der Waals surface area (Å²) >= 11 is 0. The van der Waals surface area contributed by atoms with Crippen molar-refractivity contribution in [2.75, 3.05) is 6.61 Å². The average molecular weight is 206 g/mol. The Morgan fingerprint density at radius 2 is 2.00 bits per heavy atom. The highest BCUT2D eigenvalue weighted by Gasteiger charge is 2.77. The maximum atomic E-state index is 5.85. The zero-order chi connectivity index (χ0) is 10.2. The van der Waals surface area contributed by atoms with Crippen molar-refractivity contribution in [2.45, 2.75) is 45.6 Å². The molecule has 4 rings (SSSR count). The lowest BCUT2D eigenvalue weighted by molar-refractivity contribution is -0.244. The van der Waals surface area contributed by atoms with Gasteiger partial charge in [0.15, 0.2) is 0 Å². The van der Waals surface area contributed by atoms with Gasteiger partial charge in [0.05, 0.1) is 12.7 Å². The number of hydrogen-bond donors (Lipinski definition) is 0. The second-order valence-corrected chi connectivity index (χ2v) is 6.85. The van der Waals surface area contributed by atoms with E-state index in [1.807, 2.05) is 0 Å². The van der Waals surface area contributed by atoms with Crippen LogP contribution in [0.25, 0.3) is 0 Å². The van der Waals surface area contributed by atoms with E-state index in [-0.39, 0.29) is 0 Å². The molecule has 84 valence electrons. The molecule has 0 aliphatic heterocycles. The summed E-state index contributed by atoms with van der Waals surface area (Å²) in [6.45, 7) is 5.39. The Kier molecular flexibility index (Phi) is 1.57. The van der Waals surface area contributed by atoms with Crippen LogP contribution >= 0.6 is 0 Å². The largest absolute Gasteiger partial charge is 0.378 e. The van der Waals surface area contributed by atoms with Gasteiger partial charge in [0, 0.05) is 0 Å². The third kappa shape index (κ3) is 0.868. The summed E-state index contributed by atoms with van der Waals surface area (Å²) < 4.78 is 5.85. The van der Waals surface area contributed by atoms with E-state index in [1.54, 1.807) is 25.7 Å². The highest BCUT2D eigenvalue weighted by Crippen LogP contribution is 2.83. The van der Waals surface area contributed by atoms with Crippen LogP contribution in [-0.2, 0) is 4.74 Å². The van der Waals surface area contributed by atoms with Crippen molar-refractivity contribution in [3.63, 3.8) is 0 Å². The molecule has 4 saturated carbocycles. The first kappa shape index (κ1) is 9.04. The fourth-order valence-electron chi connectivity index (χ4n) is 5.84. The Hall–Kier alpha value is -0.0400. The molecule has 2 bridgehead atoms. The van der Waals surface area contributed by atoms with E-state index in [1.165, 1.54) is 0 Å². The maximum absolute atomic E-state index is 5.85. The van der Waals surface area contributed by atoms with Crippen LogP contribution in [0, 0.1) is 35.0 Å². The van der Waals surface area contributed by atoms with Gasteiger partial charge in [-0.25, -0.2) is 0 Å².